The molecule has 1 unspecified atom stereocenters. The van der Waals surface area contributed by atoms with E-state index >= 15 is 0 Å². The van der Waals surface area contributed by atoms with Gasteiger partial charge in [0.2, 0.25) is 0 Å². The zero-order valence-electron chi connectivity index (χ0n) is 19.7. The van der Waals surface area contributed by atoms with Gasteiger partial charge in [-0.1, -0.05) is 31.5 Å². The SMILES string of the molecule is CCNC(=NCC(C(C)C)N1CCN(C)CC1)NCCc1cc(C)ccc1OC.I. The number of methoxy groups -OCH3 is 1. The largest absolute Gasteiger partial charge is 0.496 e. The van der Waals surface area contributed by atoms with Gasteiger partial charge in [-0.2, -0.15) is 0 Å². The van der Waals surface area contributed by atoms with Gasteiger partial charge in [0.05, 0.1) is 13.7 Å². The van der Waals surface area contributed by atoms with Crippen LogP contribution in [0.1, 0.15) is 31.9 Å². The van der Waals surface area contributed by atoms with Crippen LogP contribution in [0.5, 0.6) is 5.75 Å². The number of piperazine rings is 1. The predicted molar refractivity (Wildman–Crippen MR) is 139 cm³/mol. The van der Waals surface area contributed by atoms with Crippen molar-refractivity contribution in [3.8, 4) is 5.75 Å². The lowest BCUT2D eigenvalue weighted by molar-refractivity contribution is 0.0925. The maximum atomic E-state index is 5.50. The van der Waals surface area contributed by atoms with Crippen LogP contribution < -0.4 is 15.4 Å². The molecule has 1 aromatic carbocycles. The summed E-state index contributed by atoms with van der Waals surface area (Å²) in [7, 11) is 3.94. The molecule has 172 valence electrons. The lowest BCUT2D eigenvalue weighted by Gasteiger charge is -2.39. The average molecular weight is 532 g/mol. The van der Waals surface area contributed by atoms with Crippen molar-refractivity contribution >= 4 is 29.9 Å². The molecule has 0 spiro atoms. The second-order valence-corrected chi connectivity index (χ2v) is 8.36. The van der Waals surface area contributed by atoms with Crippen LogP contribution in [0.3, 0.4) is 0 Å². The maximum Gasteiger partial charge on any atom is 0.191 e. The van der Waals surface area contributed by atoms with Crippen LogP contribution >= 0.6 is 24.0 Å². The highest BCUT2D eigenvalue weighted by molar-refractivity contribution is 14.0. The topological polar surface area (TPSA) is 52.1 Å². The molecule has 1 saturated heterocycles. The molecule has 2 rings (SSSR count). The van der Waals surface area contributed by atoms with E-state index < -0.39 is 0 Å². The first-order valence-electron chi connectivity index (χ1n) is 11.0. The summed E-state index contributed by atoms with van der Waals surface area (Å²) in [4.78, 5) is 9.94. The number of nitrogens with zero attached hydrogens (tertiary/aromatic N) is 3. The molecule has 1 aliphatic heterocycles. The molecule has 6 nitrogen and oxygen atoms in total. The van der Waals surface area contributed by atoms with Crippen molar-refractivity contribution in [2.45, 2.75) is 40.2 Å². The van der Waals surface area contributed by atoms with Crippen LogP contribution in [-0.2, 0) is 6.42 Å². The van der Waals surface area contributed by atoms with E-state index in [0.29, 0.717) is 12.0 Å². The first-order chi connectivity index (χ1) is 13.9. The first kappa shape index (κ1) is 27.0. The summed E-state index contributed by atoms with van der Waals surface area (Å²) in [6, 6.07) is 6.82. The van der Waals surface area contributed by atoms with Crippen molar-refractivity contribution in [2.24, 2.45) is 10.9 Å². The van der Waals surface area contributed by atoms with Crippen LogP contribution in [0, 0.1) is 12.8 Å². The fraction of sp³-hybridized carbons (Fsp3) is 0.696. The maximum absolute atomic E-state index is 5.50. The zero-order chi connectivity index (χ0) is 21.2. The number of halogens is 1. The number of hydrogen-bond donors (Lipinski definition) is 2. The summed E-state index contributed by atoms with van der Waals surface area (Å²) < 4.78 is 5.50. The number of rotatable bonds is 9. The van der Waals surface area contributed by atoms with E-state index in [1.165, 1.54) is 11.1 Å². The predicted octanol–water partition coefficient (Wildman–Crippen LogP) is 2.99. The molecule has 0 aromatic heterocycles. The van der Waals surface area contributed by atoms with Crippen molar-refractivity contribution in [1.29, 1.82) is 0 Å². The lowest BCUT2D eigenvalue weighted by Crippen LogP contribution is -2.52. The molecule has 0 saturated carbocycles. The van der Waals surface area contributed by atoms with Gasteiger partial charge in [-0.15, -0.1) is 24.0 Å². The van der Waals surface area contributed by atoms with E-state index in [9.17, 15) is 0 Å². The van der Waals surface area contributed by atoms with Gasteiger partial charge in [0.25, 0.3) is 0 Å². The van der Waals surface area contributed by atoms with Gasteiger partial charge in [0.15, 0.2) is 5.96 Å². The number of nitrogens with one attached hydrogen (secondary N) is 2. The van der Waals surface area contributed by atoms with Gasteiger partial charge >= 0.3 is 0 Å². The highest BCUT2D eigenvalue weighted by Gasteiger charge is 2.24. The van der Waals surface area contributed by atoms with E-state index in [0.717, 1.165) is 63.9 Å². The van der Waals surface area contributed by atoms with Gasteiger partial charge in [0.1, 0.15) is 5.75 Å². The van der Waals surface area contributed by atoms with E-state index in [1.807, 2.05) is 6.07 Å². The molecule has 1 heterocycles. The Kier molecular flexibility index (Phi) is 12.7. The monoisotopic (exact) mass is 531 g/mol. The van der Waals surface area contributed by atoms with Gasteiger partial charge in [-0.25, -0.2) is 0 Å². The van der Waals surface area contributed by atoms with Crippen molar-refractivity contribution < 1.29 is 4.74 Å². The molecule has 0 bridgehead atoms. The number of benzene rings is 1. The van der Waals surface area contributed by atoms with Crippen molar-refractivity contribution in [3.63, 3.8) is 0 Å². The first-order valence-corrected chi connectivity index (χ1v) is 11.0. The Morgan fingerprint density at radius 2 is 1.87 bits per heavy atom. The molecular weight excluding hydrogens is 489 g/mol. The van der Waals surface area contributed by atoms with Crippen molar-refractivity contribution in [1.82, 2.24) is 20.4 Å². The van der Waals surface area contributed by atoms with Gasteiger partial charge in [0, 0.05) is 45.3 Å². The number of likely N-dealkylation sites (N-methyl/N-ethyl adjacent to an activating group) is 1. The quantitative estimate of drug-likeness (QED) is 0.292. The molecule has 1 fully saturated rings. The third kappa shape index (κ3) is 8.59. The second kappa shape index (κ2) is 14.1. The van der Waals surface area contributed by atoms with Crippen LogP contribution in [0.2, 0.25) is 0 Å². The number of guanidine groups is 1. The van der Waals surface area contributed by atoms with E-state index in [4.69, 9.17) is 9.73 Å². The molecule has 1 aliphatic rings. The van der Waals surface area contributed by atoms with E-state index in [1.54, 1.807) is 7.11 Å². The minimum Gasteiger partial charge on any atom is -0.496 e. The van der Waals surface area contributed by atoms with Crippen LogP contribution in [-0.4, -0.2) is 81.8 Å². The fourth-order valence-corrected chi connectivity index (χ4v) is 3.85. The summed E-state index contributed by atoms with van der Waals surface area (Å²) in [5.41, 5.74) is 2.49. The van der Waals surface area contributed by atoms with Gasteiger partial charge in [-0.05, 0) is 44.9 Å². The minimum atomic E-state index is 0. The van der Waals surface area contributed by atoms with Crippen LogP contribution in [0.25, 0.3) is 0 Å². The van der Waals surface area contributed by atoms with Gasteiger partial charge in [-0.3, -0.25) is 9.89 Å². The summed E-state index contributed by atoms with van der Waals surface area (Å²) in [6.45, 7) is 15.9. The Hall–Kier alpha value is -1.06. The second-order valence-electron chi connectivity index (χ2n) is 8.36. The summed E-state index contributed by atoms with van der Waals surface area (Å²) in [5, 5.41) is 6.89. The normalized spacial score (nSPS) is 16.8. The summed E-state index contributed by atoms with van der Waals surface area (Å²) >= 11 is 0. The zero-order valence-corrected chi connectivity index (χ0v) is 22.0. The molecule has 7 heteroatoms. The molecule has 1 aromatic rings. The number of aliphatic imine (C=N–C) groups is 1. The smallest absolute Gasteiger partial charge is 0.191 e. The highest BCUT2D eigenvalue weighted by atomic mass is 127. The van der Waals surface area contributed by atoms with E-state index in [-0.39, 0.29) is 24.0 Å². The average Bonchev–Trinajstić information content (AvgIpc) is 2.69. The number of hydrogen-bond acceptors (Lipinski definition) is 4. The Balaban J connectivity index is 0.00000450. The molecule has 2 N–H and O–H groups in total. The molecule has 30 heavy (non-hydrogen) atoms. The molecule has 0 radical (unpaired) electrons. The van der Waals surface area contributed by atoms with Gasteiger partial charge < -0.3 is 20.3 Å². The number of ether oxygens (including phenoxy) is 1. The summed E-state index contributed by atoms with van der Waals surface area (Å²) in [6.07, 6.45) is 0.904. The molecule has 0 aliphatic carbocycles. The van der Waals surface area contributed by atoms with Crippen molar-refractivity contribution in [3.05, 3.63) is 29.3 Å². The third-order valence-corrected chi connectivity index (χ3v) is 5.68. The third-order valence-electron chi connectivity index (χ3n) is 5.68. The standard InChI is InChI=1S/C23H41N5O.HI/c1-7-24-23(25-11-10-20-16-19(4)8-9-22(20)29-6)26-17-21(18(2)3)28-14-12-27(5)13-15-28;/h8-9,16,18,21H,7,10-15,17H2,1-6H3,(H2,24,25,26);1H. The lowest BCUT2D eigenvalue weighted by atomic mass is 10.0. The number of aryl methyl sites for hydroxylation is 1. The van der Waals surface area contributed by atoms with E-state index in [2.05, 4.69) is 67.3 Å². The Morgan fingerprint density at radius 1 is 1.17 bits per heavy atom. The Labute approximate surface area is 200 Å². The summed E-state index contributed by atoms with van der Waals surface area (Å²) in [5.74, 6) is 2.44. The fourth-order valence-electron chi connectivity index (χ4n) is 3.85. The minimum absolute atomic E-state index is 0. The highest BCUT2D eigenvalue weighted by Crippen LogP contribution is 2.19. The molecular formula is C23H42IN5O. The Morgan fingerprint density at radius 3 is 2.47 bits per heavy atom. The van der Waals surface area contributed by atoms with Crippen molar-refractivity contribution in [2.75, 3.05) is 60.0 Å². The molecule has 1 atom stereocenters. The molecule has 0 amide bonds. The van der Waals surface area contributed by atoms with Crippen LogP contribution in [0.4, 0.5) is 0 Å². The van der Waals surface area contributed by atoms with Crippen LogP contribution in [0.15, 0.2) is 23.2 Å². The Bertz CT molecular complexity index is 644.